The van der Waals surface area contributed by atoms with E-state index in [9.17, 15) is 4.39 Å². The van der Waals surface area contributed by atoms with Gasteiger partial charge in [0.05, 0.1) is 6.33 Å². The van der Waals surface area contributed by atoms with Gasteiger partial charge in [0.1, 0.15) is 0 Å². The fraction of sp³-hybridized carbons (Fsp3) is 0.143. The maximum atomic E-state index is 12.4. The Bertz CT molecular complexity index is 517. The van der Waals surface area contributed by atoms with Crippen molar-refractivity contribution in [1.29, 1.82) is 0 Å². The van der Waals surface area contributed by atoms with Crippen LogP contribution < -0.4 is 5.73 Å². The van der Waals surface area contributed by atoms with E-state index in [0.717, 1.165) is 5.56 Å². The van der Waals surface area contributed by atoms with Crippen molar-refractivity contribution >= 4 is 10.8 Å². The smallest absolute Gasteiger partial charge is 0.0875 e. The number of hydrogen-bond donors (Lipinski definition) is 1. The van der Waals surface area contributed by atoms with Crippen molar-refractivity contribution in [2.45, 2.75) is 6.42 Å². The summed E-state index contributed by atoms with van der Waals surface area (Å²) in [7, 11) is 0. The van der Waals surface area contributed by atoms with Crippen molar-refractivity contribution < 1.29 is 4.39 Å². The van der Waals surface area contributed by atoms with E-state index in [4.69, 9.17) is 5.73 Å². The van der Waals surface area contributed by atoms with Crippen LogP contribution in [0.2, 0.25) is 0 Å². The van der Waals surface area contributed by atoms with Crippen LogP contribution in [0.4, 0.5) is 4.39 Å². The Labute approximate surface area is 94.4 Å². The summed E-state index contributed by atoms with van der Waals surface area (Å²) in [6.07, 6.45) is 1.19. The summed E-state index contributed by atoms with van der Waals surface area (Å²) in [5.74, 6) is 0. The van der Waals surface area contributed by atoms with Crippen molar-refractivity contribution in [3.63, 3.8) is 0 Å². The van der Waals surface area contributed by atoms with Gasteiger partial charge in [-0.3, -0.25) is 0 Å². The molecule has 2 aromatic carbocycles. The van der Waals surface area contributed by atoms with E-state index in [1.54, 1.807) is 0 Å². The van der Waals surface area contributed by atoms with Gasteiger partial charge in [-0.05, 0) is 28.3 Å². The van der Waals surface area contributed by atoms with Gasteiger partial charge in [0, 0.05) is 6.54 Å². The van der Waals surface area contributed by atoms with Gasteiger partial charge in [0.15, 0.2) is 0 Å². The molecule has 2 rings (SSSR count). The Hall–Kier alpha value is -1.67. The van der Waals surface area contributed by atoms with Crippen molar-refractivity contribution in [1.82, 2.24) is 0 Å². The zero-order valence-corrected chi connectivity index (χ0v) is 8.99. The van der Waals surface area contributed by atoms with Crippen LogP contribution in [0.3, 0.4) is 0 Å². The molecule has 2 aromatic rings. The van der Waals surface area contributed by atoms with Crippen LogP contribution in [-0.2, 0) is 6.42 Å². The molecule has 0 unspecified atom stereocenters. The SMILES string of the molecule is NCC(=CF)Cc1ccc2ccccc2c1. The van der Waals surface area contributed by atoms with Crippen molar-refractivity contribution in [3.05, 3.63) is 59.9 Å². The number of hydrogen-bond acceptors (Lipinski definition) is 1. The minimum absolute atomic E-state index is 0.267. The van der Waals surface area contributed by atoms with Gasteiger partial charge in [-0.25, -0.2) is 4.39 Å². The maximum Gasteiger partial charge on any atom is 0.0875 e. The predicted molar refractivity (Wildman–Crippen MR) is 65.9 cm³/mol. The number of benzene rings is 2. The third kappa shape index (κ3) is 2.28. The summed E-state index contributed by atoms with van der Waals surface area (Å²) in [5.41, 5.74) is 7.15. The van der Waals surface area contributed by atoms with E-state index in [-0.39, 0.29) is 6.54 Å². The van der Waals surface area contributed by atoms with Gasteiger partial charge in [0.25, 0.3) is 0 Å². The van der Waals surface area contributed by atoms with Gasteiger partial charge in [-0.1, -0.05) is 42.5 Å². The highest BCUT2D eigenvalue weighted by atomic mass is 19.1. The molecular weight excluding hydrogens is 201 g/mol. The van der Waals surface area contributed by atoms with Gasteiger partial charge in [-0.2, -0.15) is 0 Å². The monoisotopic (exact) mass is 215 g/mol. The quantitative estimate of drug-likeness (QED) is 0.836. The molecule has 2 N–H and O–H groups in total. The molecule has 0 bridgehead atoms. The van der Waals surface area contributed by atoms with Gasteiger partial charge < -0.3 is 5.73 Å². The number of nitrogens with two attached hydrogens (primary N) is 1. The Morgan fingerprint density at radius 1 is 1.12 bits per heavy atom. The molecule has 0 saturated heterocycles. The molecule has 1 nitrogen and oxygen atoms in total. The molecule has 16 heavy (non-hydrogen) atoms. The summed E-state index contributed by atoms with van der Waals surface area (Å²) in [6.45, 7) is 0.267. The molecule has 0 radical (unpaired) electrons. The fourth-order valence-electron chi connectivity index (χ4n) is 1.77. The van der Waals surface area contributed by atoms with Crippen molar-refractivity contribution in [2.75, 3.05) is 6.54 Å². The highest BCUT2D eigenvalue weighted by Gasteiger charge is 1.99. The minimum atomic E-state index is 0.267. The Kier molecular flexibility index (Phi) is 3.32. The van der Waals surface area contributed by atoms with Crippen LogP contribution in [0.15, 0.2) is 54.4 Å². The van der Waals surface area contributed by atoms with Crippen LogP contribution in [0.25, 0.3) is 10.8 Å². The van der Waals surface area contributed by atoms with Crippen LogP contribution in [0, 0.1) is 0 Å². The van der Waals surface area contributed by atoms with Crippen LogP contribution in [-0.4, -0.2) is 6.54 Å². The number of halogens is 1. The second-order valence-electron chi connectivity index (χ2n) is 3.83. The Morgan fingerprint density at radius 3 is 2.56 bits per heavy atom. The summed E-state index contributed by atoms with van der Waals surface area (Å²) >= 11 is 0. The molecule has 0 aliphatic carbocycles. The van der Waals surface area contributed by atoms with E-state index in [2.05, 4.69) is 24.3 Å². The number of fused-ring (bicyclic) bond motifs is 1. The molecule has 0 fully saturated rings. The molecule has 82 valence electrons. The van der Waals surface area contributed by atoms with E-state index >= 15 is 0 Å². The van der Waals surface area contributed by atoms with E-state index in [1.807, 2.05) is 18.2 Å². The molecule has 0 atom stereocenters. The molecule has 0 heterocycles. The lowest BCUT2D eigenvalue weighted by Gasteiger charge is -2.05. The molecule has 0 saturated carbocycles. The van der Waals surface area contributed by atoms with E-state index in [0.29, 0.717) is 18.3 Å². The standard InChI is InChI=1S/C14H14FN/c15-9-12(10-16)7-11-5-6-13-3-1-2-4-14(13)8-11/h1-6,8-9H,7,10,16H2. The summed E-state index contributed by atoms with van der Waals surface area (Å²) in [4.78, 5) is 0. The first-order chi connectivity index (χ1) is 7.83. The molecule has 2 heteroatoms. The van der Waals surface area contributed by atoms with Gasteiger partial charge in [0.2, 0.25) is 0 Å². The normalized spacial score (nSPS) is 12.0. The zero-order valence-electron chi connectivity index (χ0n) is 8.99. The average Bonchev–Trinajstić information content (AvgIpc) is 2.35. The molecule has 0 aromatic heterocycles. The second kappa shape index (κ2) is 4.90. The Balaban J connectivity index is 2.32. The summed E-state index contributed by atoms with van der Waals surface area (Å²) in [6, 6.07) is 14.3. The molecule has 0 spiro atoms. The van der Waals surface area contributed by atoms with Gasteiger partial charge in [-0.15, -0.1) is 0 Å². The zero-order chi connectivity index (χ0) is 11.4. The maximum absolute atomic E-state index is 12.4. The van der Waals surface area contributed by atoms with Crippen molar-refractivity contribution in [3.8, 4) is 0 Å². The summed E-state index contributed by atoms with van der Waals surface area (Å²) < 4.78 is 12.4. The highest BCUT2D eigenvalue weighted by Crippen LogP contribution is 2.17. The lowest BCUT2D eigenvalue weighted by molar-refractivity contribution is 0.700. The first-order valence-corrected chi connectivity index (χ1v) is 5.29. The predicted octanol–water partition coefficient (Wildman–Crippen LogP) is 3.19. The van der Waals surface area contributed by atoms with Crippen LogP contribution >= 0.6 is 0 Å². The van der Waals surface area contributed by atoms with Crippen LogP contribution in [0.1, 0.15) is 5.56 Å². The third-order valence-electron chi connectivity index (χ3n) is 2.66. The molecule has 0 aliphatic heterocycles. The average molecular weight is 215 g/mol. The first kappa shape index (κ1) is 10.8. The largest absolute Gasteiger partial charge is 0.327 e. The topological polar surface area (TPSA) is 26.0 Å². The minimum Gasteiger partial charge on any atom is -0.327 e. The molecule has 0 aliphatic rings. The second-order valence-corrected chi connectivity index (χ2v) is 3.83. The Morgan fingerprint density at radius 2 is 1.88 bits per heavy atom. The lowest BCUT2D eigenvalue weighted by atomic mass is 10.0. The van der Waals surface area contributed by atoms with Crippen LogP contribution in [0.5, 0.6) is 0 Å². The lowest BCUT2D eigenvalue weighted by Crippen LogP contribution is -2.05. The third-order valence-corrected chi connectivity index (χ3v) is 2.66. The van der Waals surface area contributed by atoms with E-state index < -0.39 is 0 Å². The van der Waals surface area contributed by atoms with Gasteiger partial charge >= 0.3 is 0 Å². The first-order valence-electron chi connectivity index (χ1n) is 5.29. The summed E-state index contributed by atoms with van der Waals surface area (Å²) in [5, 5.41) is 2.38. The highest BCUT2D eigenvalue weighted by molar-refractivity contribution is 5.83. The fourth-order valence-corrected chi connectivity index (χ4v) is 1.77. The molecular formula is C14H14FN. The molecule has 0 amide bonds. The van der Waals surface area contributed by atoms with Crippen molar-refractivity contribution in [2.24, 2.45) is 5.73 Å². The number of rotatable bonds is 3. The van der Waals surface area contributed by atoms with E-state index in [1.165, 1.54) is 10.8 Å².